The van der Waals surface area contributed by atoms with Crippen molar-refractivity contribution in [2.24, 2.45) is 0 Å². The molecule has 0 aromatic carbocycles. The third kappa shape index (κ3) is 3.21. The maximum absolute atomic E-state index is 11.7. The Hall–Kier alpha value is -1.53. The first-order valence-corrected chi connectivity index (χ1v) is 6.03. The number of thiazole rings is 1. The van der Waals surface area contributed by atoms with Crippen molar-refractivity contribution in [2.45, 2.75) is 13.5 Å². The van der Waals surface area contributed by atoms with Crippen molar-refractivity contribution in [3.8, 4) is 0 Å². The minimum absolute atomic E-state index is 0.246. The fourth-order valence-corrected chi connectivity index (χ4v) is 2.02. The zero-order chi connectivity index (χ0) is 12.3. The van der Waals surface area contributed by atoms with Crippen LogP contribution in [-0.2, 0) is 6.54 Å². The number of nitrogens with zero attached hydrogens (tertiary/aromatic N) is 3. The molecule has 0 saturated carbocycles. The molecule has 0 aliphatic heterocycles. The highest BCUT2D eigenvalue weighted by atomic mass is 35.5. The number of aryl methyl sites for hydroxylation is 1. The van der Waals surface area contributed by atoms with Gasteiger partial charge in [0.05, 0.1) is 11.6 Å². The van der Waals surface area contributed by atoms with E-state index in [0.29, 0.717) is 6.54 Å². The highest BCUT2D eigenvalue weighted by molar-refractivity contribution is 7.11. The fourth-order valence-electron chi connectivity index (χ4n) is 1.18. The molecule has 7 heteroatoms. The third-order valence-corrected chi connectivity index (χ3v) is 3.07. The number of nitrogens with one attached hydrogen (secondary N) is 1. The van der Waals surface area contributed by atoms with E-state index in [-0.39, 0.29) is 16.8 Å². The van der Waals surface area contributed by atoms with E-state index < -0.39 is 0 Å². The van der Waals surface area contributed by atoms with Gasteiger partial charge < -0.3 is 5.32 Å². The lowest BCUT2D eigenvalue weighted by atomic mass is 10.3. The summed E-state index contributed by atoms with van der Waals surface area (Å²) in [5.74, 6) is -0.278. The van der Waals surface area contributed by atoms with Crippen LogP contribution in [0.1, 0.15) is 20.4 Å². The molecule has 0 radical (unpaired) electrons. The topological polar surface area (TPSA) is 67.8 Å². The molecule has 17 heavy (non-hydrogen) atoms. The van der Waals surface area contributed by atoms with Gasteiger partial charge in [0.25, 0.3) is 5.91 Å². The van der Waals surface area contributed by atoms with Gasteiger partial charge in [-0.25, -0.2) is 4.98 Å². The van der Waals surface area contributed by atoms with E-state index >= 15 is 0 Å². The molecule has 0 bridgehead atoms. The van der Waals surface area contributed by atoms with E-state index in [1.165, 1.54) is 12.1 Å². The van der Waals surface area contributed by atoms with Crippen molar-refractivity contribution in [2.75, 3.05) is 0 Å². The lowest BCUT2D eigenvalue weighted by molar-refractivity contribution is 0.0945. The normalized spacial score (nSPS) is 10.2. The molecular weight excluding hydrogens is 260 g/mol. The summed E-state index contributed by atoms with van der Waals surface area (Å²) in [7, 11) is 0. The Morgan fingerprint density at radius 1 is 1.47 bits per heavy atom. The highest BCUT2D eigenvalue weighted by Crippen LogP contribution is 2.11. The Kier molecular flexibility index (Phi) is 3.65. The van der Waals surface area contributed by atoms with Gasteiger partial charge in [-0.2, -0.15) is 0 Å². The molecule has 0 atom stereocenters. The Morgan fingerprint density at radius 2 is 2.29 bits per heavy atom. The molecule has 0 aliphatic carbocycles. The van der Waals surface area contributed by atoms with Gasteiger partial charge in [-0.3, -0.25) is 4.79 Å². The average molecular weight is 269 g/mol. The van der Waals surface area contributed by atoms with Crippen LogP contribution in [-0.4, -0.2) is 21.1 Å². The molecule has 0 aliphatic rings. The van der Waals surface area contributed by atoms with Crippen LogP contribution in [0.5, 0.6) is 0 Å². The predicted molar refractivity (Wildman–Crippen MR) is 65.1 cm³/mol. The molecule has 2 aromatic heterocycles. The minimum Gasteiger partial charge on any atom is -0.346 e. The van der Waals surface area contributed by atoms with Crippen LogP contribution in [0, 0.1) is 6.92 Å². The largest absolute Gasteiger partial charge is 0.346 e. The molecule has 0 saturated heterocycles. The molecule has 5 nitrogen and oxygen atoms in total. The summed E-state index contributed by atoms with van der Waals surface area (Å²) in [4.78, 5) is 16.8. The van der Waals surface area contributed by atoms with Crippen molar-refractivity contribution in [1.29, 1.82) is 0 Å². The quantitative estimate of drug-likeness (QED) is 0.922. The number of halogens is 1. The van der Waals surface area contributed by atoms with Crippen molar-refractivity contribution >= 4 is 28.8 Å². The van der Waals surface area contributed by atoms with Crippen molar-refractivity contribution in [3.63, 3.8) is 0 Å². The van der Waals surface area contributed by atoms with E-state index in [1.807, 2.05) is 6.92 Å². The van der Waals surface area contributed by atoms with Crippen molar-refractivity contribution in [3.05, 3.63) is 39.1 Å². The number of aromatic nitrogens is 3. The van der Waals surface area contributed by atoms with Gasteiger partial charge in [0, 0.05) is 11.1 Å². The second-order valence-electron chi connectivity index (χ2n) is 3.27. The van der Waals surface area contributed by atoms with Gasteiger partial charge >= 0.3 is 0 Å². The smallest absolute Gasteiger partial charge is 0.272 e. The molecule has 88 valence electrons. The minimum atomic E-state index is -0.278. The maximum atomic E-state index is 11.7. The SMILES string of the molecule is Cc1ncc(CNC(=O)c2ccc(Cl)nn2)s1. The standard InChI is InChI=1S/C10H9ClN4OS/c1-6-12-4-7(17-6)5-13-10(16)8-2-3-9(11)15-14-8/h2-4H,5H2,1H3,(H,13,16). The Balaban J connectivity index is 1.95. The van der Waals surface area contributed by atoms with Crippen LogP contribution in [0.2, 0.25) is 5.15 Å². The first kappa shape index (κ1) is 11.9. The lowest BCUT2D eigenvalue weighted by Crippen LogP contribution is -2.23. The number of carbonyl (C=O) groups excluding carboxylic acids is 1. The summed E-state index contributed by atoms with van der Waals surface area (Å²) in [6.07, 6.45) is 1.74. The first-order chi connectivity index (χ1) is 8.15. The van der Waals surface area contributed by atoms with E-state index in [2.05, 4.69) is 20.5 Å². The summed E-state index contributed by atoms with van der Waals surface area (Å²) in [6, 6.07) is 3.06. The number of rotatable bonds is 3. The first-order valence-electron chi connectivity index (χ1n) is 4.84. The number of carbonyl (C=O) groups is 1. The van der Waals surface area contributed by atoms with E-state index in [9.17, 15) is 4.79 Å². The molecule has 2 aromatic rings. The molecule has 2 rings (SSSR count). The van der Waals surface area contributed by atoms with Crippen molar-refractivity contribution < 1.29 is 4.79 Å². The highest BCUT2D eigenvalue weighted by Gasteiger charge is 2.08. The monoisotopic (exact) mass is 268 g/mol. The van der Waals surface area contributed by atoms with Gasteiger partial charge in [0.1, 0.15) is 0 Å². The summed E-state index contributed by atoms with van der Waals surface area (Å²) < 4.78 is 0. The van der Waals surface area contributed by atoms with Crippen LogP contribution in [0.15, 0.2) is 18.3 Å². The predicted octanol–water partition coefficient (Wildman–Crippen LogP) is 1.82. The van der Waals surface area contributed by atoms with Crippen LogP contribution >= 0.6 is 22.9 Å². The molecule has 0 fully saturated rings. The van der Waals surface area contributed by atoms with Gasteiger partial charge in [0.15, 0.2) is 10.8 Å². The van der Waals surface area contributed by atoms with Crippen LogP contribution in [0.25, 0.3) is 0 Å². The van der Waals surface area contributed by atoms with Gasteiger partial charge in [-0.15, -0.1) is 21.5 Å². The Labute approximate surface area is 107 Å². The van der Waals surface area contributed by atoms with E-state index in [0.717, 1.165) is 9.88 Å². The molecule has 2 heterocycles. The number of hydrogen-bond donors (Lipinski definition) is 1. The Morgan fingerprint density at radius 3 is 2.88 bits per heavy atom. The lowest BCUT2D eigenvalue weighted by Gasteiger charge is -2.01. The fraction of sp³-hybridized carbons (Fsp3) is 0.200. The summed E-state index contributed by atoms with van der Waals surface area (Å²) in [5.41, 5.74) is 0.246. The summed E-state index contributed by atoms with van der Waals surface area (Å²) in [6.45, 7) is 2.36. The molecule has 0 spiro atoms. The van der Waals surface area contributed by atoms with Crippen molar-refractivity contribution in [1.82, 2.24) is 20.5 Å². The van der Waals surface area contributed by atoms with Crippen LogP contribution < -0.4 is 5.32 Å². The number of amides is 1. The van der Waals surface area contributed by atoms with Gasteiger partial charge in [-0.1, -0.05) is 11.6 Å². The van der Waals surface area contributed by atoms with Crippen LogP contribution in [0.3, 0.4) is 0 Å². The second kappa shape index (κ2) is 5.20. The van der Waals surface area contributed by atoms with Gasteiger partial charge in [-0.05, 0) is 19.1 Å². The molecule has 1 amide bonds. The summed E-state index contributed by atoms with van der Waals surface area (Å²) >= 11 is 7.12. The zero-order valence-electron chi connectivity index (χ0n) is 8.98. The zero-order valence-corrected chi connectivity index (χ0v) is 10.5. The molecular formula is C10H9ClN4OS. The van der Waals surface area contributed by atoms with E-state index in [4.69, 9.17) is 11.6 Å². The van der Waals surface area contributed by atoms with Gasteiger partial charge in [0.2, 0.25) is 0 Å². The average Bonchev–Trinajstić information content (AvgIpc) is 2.73. The Bertz CT molecular complexity index is 525. The van der Waals surface area contributed by atoms with E-state index in [1.54, 1.807) is 17.5 Å². The second-order valence-corrected chi connectivity index (χ2v) is 4.98. The van der Waals surface area contributed by atoms with Crippen LogP contribution in [0.4, 0.5) is 0 Å². The number of hydrogen-bond acceptors (Lipinski definition) is 5. The molecule has 1 N–H and O–H groups in total. The molecule has 0 unspecified atom stereocenters. The summed E-state index contributed by atoms with van der Waals surface area (Å²) in [5, 5.41) is 11.3. The maximum Gasteiger partial charge on any atom is 0.272 e. The third-order valence-electron chi connectivity index (χ3n) is 1.96.